The van der Waals surface area contributed by atoms with Gasteiger partial charge in [0.05, 0.1) is 0 Å². The van der Waals surface area contributed by atoms with Crippen molar-refractivity contribution < 1.29 is 0 Å². The van der Waals surface area contributed by atoms with E-state index in [1.54, 1.807) is 11.1 Å². The highest BCUT2D eigenvalue weighted by Crippen LogP contribution is 2.84. The van der Waals surface area contributed by atoms with Crippen molar-refractivity contribution >= 4 is 0 Å². The van der Waals surface area contributed by atoms with Crippen LogP contribution in [0.4, 0.5) is 0 Å². The molecule has 3 fully saturated rings. The molecular formula is C21H20. The molecular weight excluding hydrogens is 252 g/mol. The predicted octanol–water partition coefficient (Wildman–Crippen LogP) is 5.16. The standard InChI is InChI=1S/C21H20/c1-3-7-18-16(5-1)17-6-2-4-8-19(17)21(18)13-20(21,14-9-10-14)15-11-12-15/h1-8,14-15H,9-13H2. The van der Waals surface area contributed by atoms with Crippen LogP contribution in [0.15, 0.2) is 48.5 Å². The highest BCUT2D eigenvalue weighted by Gasteiger charge is 2.79. The molecule has 2 aromatic carbocycles. The summed E-state index contributed by atoms with van der Waals surface area (Å²) in [6, 6.07) is 18.5. The van der Waals surface area contributed by atoms with Crippen LogP contribution in [0.3, 0.4) is 0 Å². The molecule has 0 unspecified atom stereocenters. The van der Waals surface area contributed by atoms with Crippen LogP contribution >= 0.6 is 0 Å². The molecule has 6 rings (SSSR count). The van der Waals surface area contributed by atoms with Gasteiger partial charge >= 0.3 is 0 Å². The summed E-state index contributed by atoms with van der Waals surface area (Å²) in [7, 11) is 0. The molecule has 0 saturated heterocycles. The largest absolute Gasteiger partial charge is 0.0619 e. The molecule has 0 heteroatoms. The van der Waals surface area contributed by atoms with Crippen LogP contribution in [0.1, 0.15) is 43.2 Å². The van der Waals surface area contributed by atoms with E-state index in [4.69, 9.17) is 0 Å². The molecule has 0 atom stereocenters. The molecule has 2 aromatic rings. The number of rotatable bonds is 2. The SMILES string of the molecule is c1ccc2c(c1)-c1ccccc1C21CC1(C1CC1)C1CC1. The van der Waals surface area contributed by atoms with Gasteiger partial charge in [0.25, 0.3) is 0 Å². The third-order valence-corrected chi connectivity index (χ3v) is 6.90. The van der Waals surface area contributed by atoms with Crippen molar-refractivity contribution in [3.63, 3.8) is 0 Å². The summed E-state index contributed by atoms with van der Waals surface area (Å²) in [5, 5.41) is 0. The molecule has 0 N–H and O–H groups in total. The van der Waals surface area contributed by atoms with Crippen LogP contribution in [0.5, 0.6) is 0 Å². The van der Waals surface area contributed by atoms with Gasteiger partial charge in [-0.2, -0.15) is 0 Å². The van der Waals surface area contributed by atoms with Gasteiger partial charge in [0, 0.05) is 5.41 Å². The minimum absolute atomic E-state index is 0.391. The Labute approximate surface area is 126 Å². The van der Waals surface area contributed by atoms with Gasteiger partial charge in [0.1, 0.15) is 0 Å². The number of hydrogen-bond acceptors (Lipinski definition) is 0. The Kier molecular flexibility index (Phi) is 1.72. The van der Waals surface area contributed by atoms with E-state index < -0.39 is 0 Å². The van der Waals surface area contributed by atoms with Crippen molar-refractivity contribution in [1.82, 2.24) is 0 Å². The molecule has 0 aliphatic heterocycles. The molecule has 0 heterocycles. The summed E-state index contributed by atoms with van der Waals surface area (Å²) in [5.41, 5.74) is 7.39. The van der Waals surface area contributed by atoms with Gasteiger partial charge in [0.15, 0.2) is 0 Å². The van der Waals surface area contributed by atoms with E-state index in [2.05, 4.69) is 48.5 Å². The first-order chi connectivity index (χ1) is 10.4. The van der Waals surface area contributed by atoms with E-state index in [1.165, 1.54) is 43.2 Å². The van der Waals surface area contributed by atoms with Crippen molar-refractivity contribution in [2.75, 3.05) is 0 Å². The highest BCUT2D eigenvalue weighted by atomic mass is 14.8. The molecule has 21 heavy (non-hydrogen) atoms. The smallest absolute Gasteiger partial charge is 0.0283 e. The average molecular weight is 272 g/mol. The molecule has 4 aliphatic carbocycles. The van der Waals surface area contributed by atoms with E-state index in [0.717, 1.165) is 11.8 Å². The van der Waals surface area contributed by atoms with Crippen LogP contribution in [0.25, 0.3) is 11.1 Å². The van der Waals surface area contributed by atoms with Crippen LogP contribution in [0.2, 0.25) is 0 Å². The van der Waals surface area contributed by atoms with E-state index in [9.17, 15) is 0 Å². The zero-order valence-corrected chi connectivity index (χ0v) is 12.3. The lowest BCUT2D eigenvalue weighted by molar-refractivity contribution is 0.336. The van der Waals surface area contributed by atoms with Crippen molar-refractivity contribution in [2.24, 2.45) is 17.3 Å². The Morgan fingerprint density at radius 2 is 1.14 bits per heavy atom. The molecule has 0 bridgehead atoms. The third kappa shape index (κ3) is 1.10. The molecule has 0 nitrogen and oxygen atoms in total. The fourth-order valence-corrected chi connectivity index (χ4v) is 5.93. The van der Waals surface area contributed by atoms with Gasteiger partial charge in [-0.25, -0.2) is 0 Å². The lowest BCUT2D eigenvalue weighted by atomic mass is 9.78. The maximum atomic E-state index is 2.43. The fraction of sp³-hybridized carbons (Fsp3) is 0.429. The summed E-state index contributed by atoms with van der Waals surface area (Å²) in [5.74, 6) is 2.04. The molecule has 0 amide bonds. The van der Waals surface area contributed by atoms with Gasteiger partial charge in [-0.3, -0.25) is 0 Å². The van der Waals surface area contributed by atoms with Crippen molar-refractivity contribution in [2.45, 2.75) is 37.5 Å². The number of benzene rings is 2. The minimum Gasteiger partial charge on any atom is -0.0619 e. The van der Waals surface area contributed by atoms with E-state index in [1.807, 2.05) is 0 Å². The number of hydrogen-bond donors (Lipinski definition) is 0. The first-order valence-corrected chi connectivity index (χ1v) is 8.57. The van der Waals surface area contributed by atoms with Crippen LogP contribution in [-0.2, 0) is 5.41 Å². The Balaban J connectivity index is 1.67. The lowest BCUT2D eigenvalue weighted by Crippen LogP contribution is -2.22. The normalized spacial score (nSPS) is 26.5. The quantitative estimate of drug-likeness (QED) is 0.708. The van der Waals surface area contributed by atoms with Gasteiger partial charge in [0.2, 0.25) is 0 Å². The molecule has 3 saturated carbocycles. The minimum atomic E-state index is 0.391. The first-order valence-electron chi connectivity index (χ1n) is 8.57. The van der Waals surface area contributed by atoms with E-state index in [0.29, 0.717) is 10.8 Å². The second kappa shape index (κ2) is 3.27. The summed E-state index contributed by atoms with van der Waals surface area (Å²) in [4.78, 5) is 0. The van der Waals surface area contributed by atoms with Crippen LogP contribution < -0.4 is 0 Å². The fourth-order valence-electron chi connectivity index (χ4n) is 5.93. The van der Waals surface area contributed by atoms with Crippen LogP contribution in [0, 0.1) is 17.3 Å². The van der Waals surface area contributed by atoms with Crippen molar-refractivity contribution in [3.8, 4) is 11.1 Å². The molecule has 4 aliphatic rings. The molecule has 0 radical (unpaired) electrons. The lowest BCUT2D eigenvalue weighted by Gasteiger charge is -2.24. The molecule has 104 valence electrons. The highest BCUT2D eigenvalue weighted by molar-refractivity contribution is 5.84. The maximum absolute atomic E-state index is 2.43. The van der Waals surface area contributed by atoms with Crippen molar-refractivity contribution in [1.29, 1.82) is 0 Å². The van der Waals surface area contributed by atoms with Crippen molar-refractivity contribution in [3.05, 3.63) is 59.7 Å². The Hall–Kier alpha value is -1.56. The first kappa shape index (κ1) is 11.1. The van der Waals surface area contributed by atoms with Gasteiger partial charge in [-0.05, 0) is 71.6 Å². The zero-order valence-electron chi connectivity index (χ0n) is 12.3. The van der Waals surface area contributed by atoms with Crippen LogP contribution in [-0.4, -0.2) is 0 Å². The average Bonchev–Trinajstić information content (AvgIpc) is 3.37. The summed E-state index contributed by atoms with van der Waals surface area (Å²) in [6.45, 7) is 0. The number of fused-ring (bicyclic) bond motifs is 5. The Bertz CT molecular complexity index is 704. The third-order valence-electron chi connectivity index (χ3n) is 6.90. The van der Waals surface area contributed by atoms with E-state index >= 15 is 0 Å². The predicted molar refractivity (Wildman–Crippen MR) is 85.2 cm³/mol. The monoisotopic (exact) mass is 272 g/mol. The Morgan fingerprint density at radius 1 is 0.667 bits per heavy atom. The summed E-state index contributed by atoms with van der Waals surface area (Å²) in [6.07, 6.45) is 7.39. The second-order valence-electron chi connectivity index (χ2n) is 7.76. The summed E-state index contributed by atoms with van der Waals surface area (Å²) < 4.78 is 0. The maximum Gasteiger partial charge on any atom is 0.0283 e. The van der Waals surface area contributed by atoms with E-state index in [-0.39, 0.29) is 0 Å². The molecule has 0 aromatic heterocycles. The zero-order chi connectivity index (χ0) is 13.7. The summed E-state index contributed by atoms with van der Waals surface area (Å²) >= 11 is 0. The van der Waals surface area contributed by atoms with Gasteiger partial charge < -0.3 is 0 Å². The molecule has 1 spiro atoms. The van der Waals surface area contributed by atoms with Gasteiger partial charge in [-0.15, -0.1) is 0 Å². The Morgan fingerprint density at radius 3 is 1.62 bits per heavy atom. The topological polar surface area (TPSA) is 0 Å². The second-order valence-corrected chi connectivity index (χ2v) is 7.76. The van der Waals surface area contributed by atoms with Gasteiger partial charge in [-0.1, -0.05) is 48.5 Å².